The molecule has 1 N–H and O–H groups in total. The van der Waals surface area contributed by atoms with Crippen LogP contribution in [0.4, 0.5) is 5.69 Å². The summed E-state index contributed by atoms with van der Waals surface area (Å²) in [6.07, 6.45) is 3.26. The Morgan fingerprint density at radius 2 is 1.77 bits per heavy atom. The lowest BCUT2D eigenvalue weighted by atomic mass is 10.0. The molecule has 0 aliphatic carbocycles. The van der Waals surface area contributed by atoms with Crippen molar-refractivity contribution in [2.45, 2.75) is 26.4 Å². The van der Waals surface area contributed by atoms with Crippen molar-refractivity contribution < 1.29 is 14.3 Å². The van der Waals surface area contributed by atoms with Crippen molar-refractivity contribution in [1.29, 1.82) is 0 Å². The Morgan fingerprint density at radius 1 is 1.03 bits per heavy atom. The zero-order valence-corrected chi connectivity index (χ0v) is 18.6. The van der Waals surface area contributed by atoms with Crippen LogP contribution in [0.2, 0.25) is 5.02 Å². The first kappa shape index (κ1) is 22.4. The molecular weight excluding hydrogens is 410 g/mol. The molecule has 0 heterocycles. The molecule has 0 atom stereocenters. The van der Waals surface area contributed by atoms with E-state index in [9.17, 15) is 4.79 Å². The van der Waals surface area contributed by atoms with E-state index in [-0.39, 0.29) is 5.91 Å². The van der Waals surface area contributed by atoms with Crippen molar-refractivity contribution in [1.82, 2.24) is 0 Å². The number of para-hydroxylation sites is 1. The molecule has 3 aromatic rings. The van der Waals surface area contributed by atoms with E-state index in [4.69, 9.17) is 21.1 Å². The van der Waals surface area contributed by atoms with E-state index in [1.54, 1.807) is 13.2 Å². The fourth-order valence-electron chi connectivity index (χ4n) is 3.11. The number of ether oxygens (including phenoxy) is 2. The van der Waals surface area contributed by atoms with Crippen LogP contribution < -0.4 is 14.8 Å². The third-order valence-corrected chi connectivity index (χ3v) is 5.02. The molecule has 0 unspecified atom stereocenters. The summed E-state index contributed by atoms with van der Waals surface area (Å²) in [5.74, 6) is 1.37. The Kier molecular flexibility index (Phi) is 7.74. The Morgan fingerprint density at radius 3 is 2.48 bits per heavy atom. The molecule has 0 bridgehead atoms. The van der Waals surface area contributed by atoms with E-state index in [2.05, 4.69) is 19.2 Å². The van der Waals surface area contributed by atoms with Gasteiger partial charge in [-0.2, -0.15) is 0 Å². The molecule has 160 valence electrons. The average Bonchev–Trinajstić information content (AvgIpc) is 2.77. The number of halogens is 1. The third-order valence-electron chi connectivity index (χ3n) is 4.76. The Bertz CT molecular complexity index is 1060. The van der Waals surface area contributed by atoms with E-state index in [0.29, 0.717) is 29.0 Å². The molecule has 4 nitrogen and oxygen atoms in total. The largest absolute Gasteiger partial charge is 0.493 e. The maximum Gasteiger partial charge on any atom is 0.248 e. The van der Waals surface area contributed by atoms with E-state index in [0.717, 1.165) is 22.4 Å². The highest BCUT2D eigenvalue weighted by molar-refractivity contribution is 6.30. The third kappa shape index (κ3) is 6.37. The summed E-state index contributed by atoms with van der Waals surface area (Å²) < 4.78 is 11.3. The number of carbonyl (C=O) groups excluding carboxylic acids is 1. The molecule has 0 fully saturated rings. The average molecular weight is 436 g/mol. The van der Waals surface area contributed by atoms with Crippen molar-refractivity contribution in [2.24, 2.45) is 0 Å². The minimum atomic E-state index is -0.185. The number of carbonyl (C=O) groups is 1. The van der Waals surface area contributed by atoms with Crippen molar-refractivity contribution in [3.05, 3.63) is 94.5 Å². The predicted octanol–water partition coefficient (Wildman–Crippen LogP) is 6.70. The second kappa shape index (κ2) is 10.7. The number of methoxy groups -OCH3 is 1. The van der Waals surface area contributed by atoms with Gasteiger partial charge in [-0.05, 0) is 59.0 Å². The van der Waals surface area contributed by atoms with Crippen LogP contribution in [0.3, 0.4) is 0 Å². The topological polar surface area (TPSA) is 47.6 Å². The highest BCUT2D eigenvalue weighted by atomic mass is 35.5. The van der Waals surface area contributed by atoms with Gasteiger partial charge in [0, 0.05) is 16.8 Å². The molecule has 0 radical (unpaired) electrons. The predicted molar refractivity (Wildman–Crippen MR) is 127 cm³/mol. The summed E-state index contributed by atoms with van der Waals surface area (Å²) in [6.45, 7) is 4.60. The van der Waals surface area contributed by atoms with E-state index < -0.39 is 0 Å². The highest BCUT2D eigenvalue weighted by Crippen LogP contribution is 2.29. The minimum absolute atomic E-state index is 0.185. The molecule has 0 aliphatic heterocycles. The molecule has 0 saturated heterocycles. The first-order valence-corrected chi connectivity index (χ1v) is 10.5. The summed E-state index contributed by atoms with van der Waals surface area (Å²) in [6, 6.07) is 20.9. The van der Waals surface area contributed by atoms with E-state index in [1.165, 1.54) is 6.08 Å². The van der Waals surface area contributed by atoms with Gasteiger partial charge in [-0.1, -0.05) is 61.8 Å². The van der Waals surface area contributed by atoms with Crippen LogP contribution in [0.15, 0.2) is 72.8 Å². The van der Waals surface area contributed by atoms with Crippen molar-refractivity contribution in [2.75, 3.05) is 12.4 Å². The lowest BCUT2D eigenvalue weighted by Gasteiger charge is -2.12. The maximum atomic E-state index is 12.4. The molecular formula is C26H26ClNO3. The quantitative estimate of drug-likeness (QED) is 0.400. The summed E-state index contributed by atoms with van der Waals surface area (Å²) in [5.41, 5.74) is 3.78. The summed E-state index contributed by atoms with van der Waals surface area (Å²) >= 11 is 5.92. The van der Waals surface area contributed by atoms with Gasteiger partial charge in [0.05, 0.1) is 7.11 Å². The van der Waals surface area contributed by atoms with Crippen molar-refractivity contribution in [3.63, 3.8) is 0 Å². The fraction of sp³-hybridized carbons (Fsp3) is 0.192. The summed E-state index contributed by atoms with van der Waals surface area (Å²) in [4.78, 5) is 12.4. The van der Waals surface area contributed by atoms with Gasteiger partial charge in [0.1, 0.15) is 6.61 Å². The van der Waals surface area contributed by atoms with Gasteiger partial charge < -0.3 is 14.8 Å². The molecule has 3 rings (SSSR count). The van der Waals surface area contributed by atoms with Gasteiger partial charge in [0.15, 0.2) is 11.5 Å². The van der Waals surface area contributed by atoms with E-state index >= 15 is 0 Å². The SMILES string of the molecule is COc1cc(/C=C/C(=O)Nc2ccccc2C(C)C)ccc1OCc1ccc(Cl)cc1. The number of hydrogen-bond acceptors (Lipinski definition) is 3. The molecule has 3 aromatic carbocycles. The second-order valence-electron chi connectivity index (χ2n) is 7.39. The summed E-state index contributed by atoms with van der Waals surface area (Å²) in [7, 11) is 1.59. The van der Waals surface area contributed by atoms with Crippen LogP contribution in [0.5, 0.6) is 11.5 Å². The number of benzene rings is 3. The molecule has 31 heavy (non-hydrogen) atoms. The van der Waals surface area contributed by atoms with Crippen LogP contribution >= 0.6 is 11.6 Å². The molecule has 1 amide bonds. The Balaban J connectivity index is 1.65. The smallest absolute Gasteiger partial charge is 0.248 e. The molecule has 0 aromatic heterocycles. The fourth-order valence-corrected chi connectivity index (χ4v) is 3.24. The molecule has 5 heteroatoms. The monoisotopic (exact) mass is 435 g/mol. The van der Waals surface area contributed by atoms with Gasteiger partial charge in [-0.15, -0.1) is 0 Å². The first-order valence-electron chi connectivity index (χ1n) is 10.1. The van der Waals surface area contributed by atoms with Crippen LogP contribution in [-0.4, -0.2) is 13.0 Å². The minimum Gasteiger partial charge on any atom is -0.493 e. The normalized spacial score (nSPS) is 11.0. The lowest BCUT2D eigenvalue weighted by Crippen LogP contribution is -2.10. The summed E-state index contributed by atoms with van der Waals surface area (Å²) in [5, 5.41) is 3.64. The number of nitrogens with one attached hydrogen (secondary N) is 1. The van der Waals surface area contributed by atoms with Gasteiger partial charge in [0.25, 0.3) is 0 Å². The first-order chi connectivity index (χ1) is 15.0. The van der Waals surface area contributed by atoms with Crippen LogP contribution in [0, 0.1) is 0 Å². The number of hydrogen-bond donors (Lipinski definition) is 1. The van der Waals surface area contributed by atoms with Gasteiger partial charge in [-0.3, -0.25) is 4.79 Å². The standard InChI is InChI=1S/C26H26ClNO3/c1-18(2)22-6-4-5-7-23(22)28-26(29)15-11-19-10-14-24(25(16-19)30-3)31-17-20-8-12-21(27)13-9-20/h4-16,18H,17H2,1-3H3,(H,28,29)/b15-11+. The van der Waals surface area contributed by atoms with Crippen LogP contribution in [0.25, 0.3) is 6.08 Å². The highest BCUT2D eigenvalue weighted by Gasteiger charge is 2.08. The number of anilines is 1. The van der Waals surface area contributed by atoms with E-state index in [1.807, 2.05) is 66.7 Å². The van der Waals surface area contributed by atoms with Crippen molar-refractivity contribution in [3.8, 4) is 11.5 Å². The van der Waals surface area contributed by atoms with Crippen molar-refractivity contribution >= 4 is 29.3 Å². The second-order valence-corrected chi connectivity index (χ2v) is 7.83. The lowest BCUT2D eigenvalue weighted by molar-refractivity contribution is -0.111. The number of amides is 1. The Labute approximate surface area is 188 Å². The molecule has 0 saturated carbocycles. The van der Waals surface area contributed by atoms with Crippen LogP contribution in [0.1, 0.15) is 36.5 Å². The van der Waals surface area contributed by atoms with Gasteiger partial charge in [-0.25, -0.2) is 0 Å². The molecule has 0 aliphatic rings. The molecule has 0 spiro atoms. The van der Waals surface area contributed by atoms with Gasteiger partial charge in [0.2, 0.25) is 5.91 Å². The Hall–Kier alpha value is -3.24. The van der Waals surface area contributed by atoms with Gasteiger partial charge >= 0.3 is 0 Å². The zero-order valence-electron chi connectivity index (χ0n) is 17.9. The van der Waals surface area contributed by atoms with Crippen LogP contribution in [-0.2, 0) is 11.4 Å². The number of rotatable bonds is 8. The maximum absolute atomic E-state index is 12.4. The zero-order chi connectivity index (χ0) is 22.2.